The molecule has 0 aromatic heterocycles. The molecule has 0 N–H and O–H groups in total. The van der Waals surface area contributed by atoms with Crippen LogP contribution in [0.4, 0.5) is 0 Å². The molecule has 0 aliphatic rings. The van der Waals surface area contributed by atoms with Gasteiger partial charge in [0, 0.05) is 19.3 Å². The van der Waals surface area contributed by atoms with Crippen LogP contribution in [-0.2, 0) is 28.6 Å². The van der Waals surface area contributed by atoms with Crippen LogP contribution in [0.1, 0.15) is 329 Å². The molecule has 0 radical (unpaired) electrons. The Labute approximate surface area is 501 Å². The van der Waals surface area contributed by atoms with Crippen molar-refractivity contribution in [2.45, 2.75) is 335 Å². The second-order valence-corrected chi connectivity index (χ2v) is 22.7. The Morgan fingerprint density at radius 3 is 0.765 bits per heavy atom. The Bertz CT molecular complexity index is 1620. The normalized spacial score (nSPS) is 12.8. The molecular formula is C75H128O6. The molecule has 0 saturated carbocycles. The molecule has 0 heterocycles. The molecule has 1 unspecified atom stereocenters. The molecule has 0 bridgehead atoms. The summed E-state index contributed by atoms with van der Waals surface area (Å²) in [5.74, 6) is -0.880. The van der Waals surface area contributed by atoms with Crippen molar-refractivity contribution in [1.29, 1.82) is 0 Å². The van der Waals surface area contributed by atoms with Crippen LogP contribution in [0.25, 0.3) is 0 Å². The van der Waals surface area contributed by atoms with E-state index in [1.165, 1.54) is 167 Å². The maximum absolute atomic E-state index is 12.9. The van der Waals surface area contributed by atoms with Gasteiger partial charge in [-0.25, -0.2) is 0 Å². The molecule has 0 aromatic rings. The van der Waals surface area contributed by atoms with Gasteiger partial charge in [-0.2, -0.15) is 0 Å². The van der Waals surface area contributed by atoms with Gasteiger partial charge in [-0.3, -0.25) is 14.4 Å². The molecule has 1 atom stereocenters. The van der Waals surface area contributed by atoms with Crippen molar-refractivity contribution in [1.82, 2.24) is 0 Å². The van der Waals surface area contributed by atoms with Gasteiger partial charge in [-0.15, -0.1) is 0 Å². The van der Waals surface area contributed by atoms with E-state index in [1.807, 2.05) is 0 Å². The predicted octanol–water partition coefficient (Wildman–Crippen LogP) is 23.8. The van der Waals surface area contributed by atoms with Crippen LogP contribution >= 0.6 is 0 Å². The van der Waals surface area contributed by atoms with E-state index in [9.17, 15) is 14.4 Å². The molecule has 0 aliphatic carbocycles. The van der Waals surface area contributed by atoms with E-state index in [2.05, 4.69) is 130 Å². The van der Waals surface area contributed by atoms with Crippen LogP contribution in [0.2, 0.25) is 0 Å². The lowest BCUT2D eigenvalue weighted by molar-refractivity contribution is -0.167. The quantitative estimate of drug-likeness (QED) is 0.0261. The molecule has 6 heteroatoms. The van der Waals surface area contributed by atoms with E-state index >= 15 is 0 Å². The van der Waals surface area contributed by atoms with Crippen molar-refractivity contribution in [2.24, 2.45) is 0 Å². The van der Waals surface area contributed by atoms with Gasteiger partial charge in [0.1, 0.15) is 13.2 Å². The molecule has 6 nitrogen and oxygen atoms in total. The first-order chi connectivity index (χ1) is 40.0. The fourth-order valence-corrected chi connectivity index (χ4v) is 9.63. The first kappa shape index (κ1) is 77.1. The lowest BCUT2D eigenvalue weighted by Gasteiger charge is -2.18. The number of carbonyl (C=O) groups is 3. The number of rotatable bonds is 62. The number of hydrogen-bond acceptors (Lipinski definition) is 6. The number of unbranched alkanes of at least 4 members (excludes halogenated alkanes) is 33. The fraction of sp³-hybridized carbons (Fsp3) is 0.720. The number of esters is 3. The zero-order valence-corrected chi connectivity index (χ0v) is 53.3. The minimum atomic E-state index is -0.783. The maximum Gasteiger partial charge on any atom is 0.306 e. The minimum Gasteiger partial charge on any atom is -0.462 e. The fourth-order valence-electron chi connectivity index (χ4n) is 9.63. The van der Waals surface area contributed by atoms with Crippen molar-refractivity contribution in [3.05, 3.63) is 109 Å². The van der Waals surface area contributed by atoms with Crippen LogP contribution < -0.4 is 0 Å². The van der Waals surface area contributed by atoms with Gasteiger partial charge < -0.3 is 14.2 Å². The monoisotopic (exact) mass is 1120 g/mol. The van der Waals surface area contributed by atoms with Gasteiger partial charge in [0.2, 0.25) is 0 Å². The number of carbonyl (C=O) groups excluding carboxylic acids is 3. The molecule has 0 aromatic carbocycles. The summed E-state index contributed by atoms with van der Waals surface area (Å²) < 4.78 is 16.9. The summed E-state index contributed by atoms with van der Waals surface area (Å²) in [5.41, 5.74) is 0. The third-order valence-corrected chi connectivity index (χ3v) is 14.8. The van der Waals surface area contributed by atoms with E-state index < -0.39 is 6.10 Å². The highest BCUT2D eigenvalue weighted by atomic mass is 16.6. The zero-order valence-electron chi connectivity index (χ0n) is 53.3. The van der Waals surface area contributed by atoms with Crippen molar-refractivity contribution < 1.29 is 28.6 Å². The van der Waals surface area contributed by atoms with Gasteiger partial charge in [0.15, 0.2) is 6.10 Å². The van der Waals surface area contributed by atoms with Crippen molar-refractivity contribution in [3.63, 3.8) is 0 Å². The van der Waals surface area contributed by atoms with Crippen molar-refractivity contribution >= 4 is 17.9 Å². The number of hydrogen-bond donors (Lipinski definition) is 0. The van der Waals surface area contributed by atoms with Gasteiger partial charge in [-0.05, 0) is 109 Å². The third-order valence-electron chi connectivity index (χ3n) is 14.8. The molecule has 0 amide bonds. The highest BCUT2D eigenvalue weighted by molar-refractivity contribution is 5.71. The second-order valence-electron chi connectivity index (χ2n) is 22.7. The lowest BCUT2D eigenvalue weighted by Crippen LogP contribution is -2.30. The molecule has 0 saturated heterocycles. The van der Waals surface area contributed by atoms with Gasteiger partial charge in [-0.1, -0.05) is 310 Å². The Hall–Kier alpha value is -3.93. The lowest BCUT2D eigenvalue weighted by atomic mass is 10.0. The van der Waals surface area contributed by atoms with Gasteiger partial charge >= 0.3 is 17.9 Å². The molecule has 464 valence electrons. The van der Waals surface area contributed by atoms with Gasteiger partial charge in [0.05, 0.1) is 0 Å². The Morgan fingerprint density at radius 1 is 0.259 bits per heavy atom. The Kier molecular flexibility index (Phi) is 65.2. The third kappa shape index (κ3) is 66.8. The maximum atomic E-state index is 12.9. The highest BCUT2D eigenvalue weighted by Gasteiger charge is 2.19. The second kappa shape index (κ2) is 68.6. The van der Waals surface area contributed by atoms with Crippen LogP contribution in [0.3, 0.4) is 0 Å². The standard InChI is InChI=1S/C75H128O6/c1-4-7-10-13-16-19-22-25-27-29-30-31-32-33-34-35-36-37-38-39-40-41-42-43-44-45-46-47-49-50-53-56-59-62-65-68-74(77)80-71-72(70-79-73(76)67-64-61-58-55-52-24-21-18-15-12-9-6-3)81-75(78)69-66-63-60-57-54-51-48-28-26-23-20-17-14-11-8-5-2/h7,10,16,19,25,27-28,30-31,33-34,36-37,39-40,42-43,48,72H,4-6,8-9,11-15,17-18,20-24,26,29,32,35,38,41,44-47,49-71H2,1-3H3/b10-7-,19-16-,27-25-,31-30-,34-33-,37-36-,40-39-,43-42-,48-28-. The van der Waals surface area contributed by atoms with E-state index in [1.54, 1.807) is 0 Å². The molecule has 81 heavy (non-hydrogen) atoms. The Balaban J connectivity index is 4.20. The first-order valence-corrected chi connectivity index (χ1v) is 34.4. The topological polar surface area (TPSA) is 78.9 Å². The summed E-state index contributed by atoms with van der Waals surface area (Å²) in [7, 11) is 0. The summed E-state index contributed by atoms with van der Waals surface area (Å²) in [6.45, 7) is 6.54. The largest absolute Gasteiger partial charge is 0.462 e. The Morgan fingerprint density at radius 2 is 0.481 bits per heavy atom. The van der Waals surface area contributed by atoms with Gasteiger partial charge in [0.25, 0.3) is 0 Å². The average molecular weight is 1130 g/mol. The molecule has 0 spiro atoms. The van der Waals surface area contributed by atoms with E-state index in [0.29, 0.717) is 19.3 Å². The SMILES string of the molecule is CC/C=C\C/C=C\C/C=C\C/C=C\C/C=C\C/C=C\C/C=C\C/C=C\CCCCCCCCCCCCC(=O)OCC(COC(=O)CCCCCCCCCCCCCC)OC(=O)CCCCCCC/C=C\CCCCCCCCC. The molecule has 0 rings (SSSR count). The summed E-state index contributed by atoms with van der Waals surface area (Å²) in [6, 6.07) is 0. The molecular weight excluding hydrogens is 997 g/mol. The molecule has 0 aliphatic heterocycles. The zero-order chi connectivity index (χ0) is 58.5. The summed E-state index contributed by atoms with van der Waals surface area (Å²) in [4.78, 5) is 38.3. The van der Waals surface area contributed by atoms with Crippen molar-refractivity contribution in [3.8, 4) is 0 Å². The average Bonchev–Trinajstić information content (AvgIpc) is 3.47. The van der Waals surface area contributed by atoms with E-state index in [4.69, 9.17) is 14.2 Å². The predicted molar refractivity (Wildman–Crippen MR) is 353 cm³/mol. The van der Waals surface area contributed by atoms with Crippen LogP contribution in [-0.4, -0.2) is 37.2 Å². The number of ether oxygens (including phenoxy) is 3. The first-order valence-electron chi connectivity index (χ1n) is 34.4. The highest BCUT2D eigenvalue weighted by Crippen LogP contribution is 2.16. The van der Waals surface area contributed by atoms with Crippen molar-refractivity contribution in [2.75, 3.05) is 13.2 Å². The smallest absolute Gasteiger partial charge is 0.306 e. The number of allylic oxidation sites excluding steroid dienone is 18. The van der Waals surface area contributed by atoms with E-state index in [-0.39, 0.29) is 31.1 Å². The summed E-state index contributed by atoms with van der Waals surface area (Å²) in [6.07, 6.45) is 93.9. The van der Waals surface area contributed by atoms with Crippen LogP contribution in [0.5, 0.6) is 0 Å². The minimum absolute atomic E-state index is 0.0786. The summed E-state index contributed by atoms with van der Waals surface area (Å²) in [5, 5.41) is 0. The van der Waals surface area contributed by atoms with Crippen LogP contribution in [0, 0.1) is 0 Å². The van der Waals surface area contributed by atoms with Crippen LogP contribution in [0.15, 0.2) is 109 Å². The summed E-state index contributed by atoms with van der Waals surface area (Å²) >= 11 is 0. The molecule has 0 fully saturated rings. The van der Waals surface area contributed by atoms with E-state index in [0.717, 1.165) is 122 Å².